The van der Waals surface area contributed by atoms with Crippen LogP contribution in [0, 0.1) is 6.20 Å². The minimum Gasteiger partial charge on any atom is -0.403 e. The van der Waals surface area contributed by atoms with E-state index in [9.17, 15) is 4.79 Å². The topological polar surface area (TPSA) is 47.5 Å². The summed E-state index contributed by atoms with van der Waals surface area (Å²) >= 11 is 0. The highest BCUT2D eigenvalue weighted by Crippen LogP contribution is 1.82. The van der Waals surface area contributed by atoms with Crippen LogP contribution in [0.5, 0.6) is 0 Å². The van der Waals surface area contributed by atoms with Crippen molar-refractivity contribution in [1.82, 2.24) is 5.16 Å². The van der Waals surface area contributed by atoms with Crippen molar-refractivity contribution in [2.45, 2.75) is 6.54 Å². The molecule has 0 spiro atoms. The Morgan fingerprint density at radius 1 is 1.73 bits per heavy atom. The number of nitrogens with zero attached hydrogens (tertiary/aromatic N) is 1. The first-order chi connectivity index (χ1) is 5.20. The summed E-state index contributed by atoms with van der Waals surface area (Å²) in [5, 5.41) is 3.23. The zero-order chi connectivity index (χ0) is 8.27. The van der Waals surface area contributed by atoms with E-state index in [1.807, 2.05) is 14.1 Å². The van der Waals surface area contributed by atoms with Gasteiger partial charge in [-0.05, 0) is 0 Å². The van der Waals surface area contributed by atoms with Crippen LogP contribution in [0.2, 0.25) is 0 Å². The van der Waals surface area contributed by atoms with Crippen molar-refractivity contribution in [2.24, 2.45) is 0 Å². The van der Waals surface area contributed by atoms with E-state index in [0.717, 1.165) is 4.90 Å². The van der Waals surface area contributed by atoms with E-state index in [1.54, 1.807) is 0 Å². The Morgan fingerprint density at radius 2 is 2.45 bits per heavy atom. The maximum Gasteiger partial charge on any atom is 0.0654 e. The molecule has 60 valence electrons. The summed E-state index contributed by atoms with van der Waals surface area (Å²) in [5.41, 5.74) is 0.428. The summed E-state index contributed by atoms with van der Waals surface area (Å²) in [6.07, 6.45) is 3.59. The van der Waals surface area contributed by atoms with Gasteiger partial charge < -0.3 is 14.2 Å². The van der Waals surface area contributed by atoms with Crippen molar-refractivity contribution in [2.75, 3.05) is 14.1 Å². The number of rotatable bonds is 2. The van der Waals surface area contributed by atoms with Crippen LogP contribution >= 0.6 is 0 Å². The van der Waals surface area contributed by atoms with E-state index in [1.165, 1.54) is 6.26 Å². The Balaban J connectivity index is 2.87. The zero-order valence-electron chi connectivity index (χ0n) is 6.55. The predicted octanol–water partition coefficient (Wildman–Crippen LogP) is -1.52. The molecule has 0 aliphatic heterocycles. The predicted molar refractivity (Wildman–Crippen MR) is 38.1 cm³/mol. The second kappa shape index (κ2) is 3.30. The minimum atomic E-state index is -0.183. The molecule has 0 aliphatic carbocycles. The van der Waals surface area contributed by atoms with Crippen molar-refractivity contribution in [3.05, 3.63) is 28.2 Å². The molecule has 1 N–H and O–H groups in total. The maximum atomic E-state index is 11.0. The van der Waals surface area contributed by atoms with E-state index in [-0.39, 0.29) is 5.43 Å². The van der Waals surface area contributed by atoms with E-state index < -0.39 is 0 Å². The molecule has 0 amide bonds. The van der Waals surface area contributed by atoms with Gasteiger partial charge in [0, 0.05) is 12.0 Å². The molecule has 1 rings (SSSR count). The molecule has 4 nitrogen and oxygen atoms in total. The summed E-state index contributed by atoms with van der Waals surface area (Å²) in [7, 11) is 3.92. The molecule has 11 heavy (non-hydrogen) atoms. The second-order valence-electron chi connectivity index (χ2n) is 2.66. The SMILES string of the molecule is C[NH+](C)Cc1con[c-]c1=O. The Hall–Kier alpha value is -1.16. The third-order valence-electron chi connectivity index (χ3n) is 1.23. The molecular formula is C7H10N2O2. The number of aromatic nitrogens is 1. The molecule has 1 aromatic rings. The van der Waals surface area contributed by atoms with Gasteiger partial charge in [-0.2, -0.15) is 5.16 Å². The molecule has 0 radical (unpaired) electrons. The van der Waals surface area contributed by atoms with Crippen LogP contribution < -0.4 is 10.3 Å². The highest BCUT2D eigenvalue weighted by molar-refractivity contribution is 5.01. The van der Waals surface area contributed by atoms with Crippen LogP contribution in [-0.4, -0.2) is 19.3 Å². The van der Waals surface area contributed by atoms with Crippen LogP contribution in [0.1, 0.15) is 5.56 Å². The van der Waals surface area contributed by atoms with Crippen molar-refractivity contribution in [1.29, 1.82) is 0 Å². The van der Waals surface area contributed by atoms with Gasteiger partial charge in [0.05, 0.1) is 20.4 Å². The second-order valence-corrected chi connectivity index (χ2v) is 2.66. The van der Waals surface area contributed by atoms with E-state index in [4.69, 9.17) is 0 Å². The molecule has 0 aromatic carbocycles. The summed E-state index contributed by atoms with van der Waals surface area (Å²) < 4.78 is 4.57. The Bertz CT molecular complexity index is 280. The maximum absolute atomic E-state index is 11.0. The van der Waals surface area contributed by atoms with Gasteiger partial charge in [0.15, 0.2) is 0 Å². The largest absolute Gasteiger partial charge is 0.403 e. The van der Waals surface area contributed by atoms with Crippen molar-refractivity contribution in [3.8, 4) is 0 Å². The average molecular weight is 154 g/mol. The fourth-order valence-electron chi connectivity index (χ4n) is 0.786. The van der Waals surface area contributed by atoms with Crippen LogP contribution in [0.3, 0.4) is 0 Å². The quantitative estimate of drug-likeness (QED) is 0.526. The fraction of sp³-hybridized carbons (Fsp3) is 0.429. The first-order valence-corrected chi connectivity index (χ1v) is 3.34. The fourth-order valence-corrected chi connectivity index (χ4v) is 0.786. The van der Waals surface area contributed by atoms with Gasteiger partial charge in [-0.15, -0.1) is 0 Å². The third kappa shape index (κ3) is 2.16. The van der Waals surface area contributed by atoms with E-state index in [2.05, 4.69) is 15.9 Å². The highest BCUT2D eigenvalue weighted by Gasteiger charge is 1.93. The molecule has 0 atom stereocenters. The molecule has 4 heteroatoms. The van der Waals surface area contributed by atoms with E-state index >= 15 is 0 Å². The molecule has 0 saturated carbocycles. The molecule has 0 saturated heterocycles. The van der Waals surface area contributed by atoms with Gasteiger partial charge in [0.25, 0.3) is 0 Å². The van der Waals surface area contributed by atoms with Crippen LogP contribution in [0.4, 0.5) is 0 Å². The number of quaternary nitrogens is 1. The number of hydrogen-bond acceptors (Lipinski definition) is 3. The summed E-state index contributed by atoms with van der Waals surface area (Å²) in [4.78, 5) is 12.1. The van der Waals surface area contributed by atoms with Gasteiger partial charge in [-0.25, -0.2) is 0 Å². The Morgan fingerprint density at radius 3 is 3.00 bits per heavy atom. The summed E-state index contributed by atoms with van der Waals surface area (Å²) in [6.45, 7) is 0.640. The highest BCUT2D eigenvalue weighted by atomic mass is 16.4. The molecule has 1 aromatic heterocycles. The molecule has 0 aliphatic rings. The lowest BCUT2D eigenvalue weighted by molar-refractivity contribution is -0.872. The smallest absolute Gasteiger partial charge is 0.0654 e. The van der Waals surface area contributed by atoms with Gasteiger partial charge in [-0.1, -0.05) is 11.8 Å². The lowest BCUT2D eigenvalue weighted by Crippen LogP contribution is -3.04. The normalized spacial score (nSPS) is 10.5. The van der Waals surface area contributed by atoms with Gasteiger partial charge in [0.2, 0.25) is 0 Å². The van der Waals surface area contributed by atoms with Gasteiger partial charge >= 0.3 is 0 Å². The monoisotopic (exact) mass is 154 g/mol. The zero-order valence-corrected chi connectivity index (χ0v) is 6.55. The van der Waals surface area contributed by atoms with Crippen LogP contribution in [0.25, 0.3) is 0 Å². The molecular weight excluding hydrogens is 144 g/mol. The molecule has 0 unspecified atom stereocenters. The number of nitrogens with one attached hydrogen (secondary N) is 1. The molecule has 0 fully saturated rings. The lowest BCUT2D eigenvalue weighted by Gasteiger charge is -2.09. The first kappa shape index (κ1) is 7.94. The Labute approximate surface area is 64.4 Å². The molecule has 0 bridgehead atoms. The van der Waals surface area contributed by atoms with E-state index in [0.29, 0.717) is 12.1 Å². The van der Waals surface area contributed by atoms with Crippen molar-refractivity contribution < 1.29 is 9.42 Å². The summed E-state index contributed by atoms with van der Waals surface area (Å²) in [5.74, 6) is 0. The van der Waals surface area contributed by atoms with Crippen molar-refractivity contribution >= 4 is 0 Å². The van der Waals surface area contributed by atoms with Crippen LogP contribution in [-0.2, 0) is 6.54 Å². The lowest BCUT2D eigenvalue weighted by atomic mass is 10.3. The summed E-state index contributed by atoms with van der Waals surface area (Å²) in [6, 6.07) is 0. The standard InChI is InChI=1S/C7H9N2O2/c1-9(2)4-6-5-11-8-3-7(6)10/h5H,4H2,1-2H3/q-1/p+1. The minimum absolute atomic E-state index is 0.183. The third-order valence-corrected chi connectivity index (χ3v) is 1.23. The number of hydrogen-bond donors (Lipinski definition) is 1. The van der Waals surface area contributed by atoms with Gasteiger partial charge in [-0.3, -0.25) is 0 Å². The Kier molecular flexibility index (Phi) is 2.38. The van der Waals surface area contributed by atoms with Crippen LogP contribution in [0.15, 0.2) is 15.6 Å². The van der Waals surface area contributed by atoms with Gasteiger partial charge in [0.1, 0.15) is 0 Å². The molecule has 1 heterocycles. The first-order valence-electron chi connectivity index (χ1n) is 3.34. The van der Waals surface area contributed by atoms with Crippen molar-refractivity contribution in [3.63, 3.8) is 0 Å². The average Bonchev–Trinajstić information content (AvgIpc) is 1.93.